The van der Waals surface area contributed by atoms with Gasteiger partial charge < -0.3 is 5.32 Å². The van der Waals surface area contributed by atoms with E-state index in [1.165, 1.54) is 19.3 Å². The fourth-order valence-electron chi connectivity index (χ4n) is 0.765. The van der Waals surface area contributed by atoms with Crippen molar-refractivity contribution in [3.8, 4) is 0 Å². The van der Waals surface area contributed by atoms with Gasteiger partial charge in [-0.1, -0.05) is 33.0 Å². The van der Waals surface area contributed by atoms with Crippen molar-refractivity contribution >= 4 is 0 Å². The molecule has 0 aromatic rings. The molecule has 0 radical (unpaired) electrons. The molecule has 0 aromatic carbocycles. The number of rotatable bonds is 6. The number of hydrogen-bond donors (Lipinski definition) is 1. The zero-order valence-corrected chi connectivity index (χ0v) is 6.24. The highest BCUT2D eigenvalue weighted by atomic mass is 14.8. The van der Waals surface area contributed by atoms with Gasteiger partial charge in [-0.05, 0) is 19.5 Å². The molecule has 0 aromatic heterocycles. The average Bonchev–Trinajstić information content (AvgIpc) is 1.94. The van der Waals surface area contributed by atoms with Gasteiger partial charge in [0.1, 0.15) is 0 Å². The van der Waals surface area contributed by atoms with Crippen molar-refractivity contribution in [2.45, 2.75) is 39.5 Å². The molecule has 9 heavy (non-hydrogen) atoms. The van der Waals surface area contributed by atoms with Crippen LogP contribution in [0.25, 0.3) is 0 Å². The minimum absolute atomic E-state index is 0.138. The van der Waals surface area contributed by atoms with Crippen molar-refractivity contribution in [1.82, 2.24) is 5.32 Å². The summed E-state index contributed by atoms with van der Waals surface area (Å²) in [6.07, 6.45) is 4.75. The second kappa shape index (κ2) is 7.96. The van der Waals surface area contributed by atoms with E-state index in [9.17, 15) is 0 Å². The van der Waals surface area contributed by atoms with Gasteiger partial charge in [0, 0.05) is 4.11 Å². The highest BCUT2D eigenvalue weighted by molar-refractivity contribution is 4.44. The van der Waals surface area contributed by atoms with E-state index in [4.69, 9.17) is 4.11 Å². The zero-order valence-electron chi connectivity index (χ0n) is 9.24. The Bertz CT molecular complexity index is 101. The maximum atomic E-state index is 6.92. The normalized spacial score (nSPS) is 16.3. The molecule has 1 nitrogen and oxygen atoms in total. The lowest BCUT2D eigenvalue weighted by molar-refractivity contribution is 0.611. The van der Waals surface area contributed by atoms with E-state index in [1.54, 1.807) is 0 Å². The van der Waals surface area contributed by atoms with Crippen molar-refractivity contribution in [1.29, 1.82) is 0 Å². The average molecular weight is 132 g/mol. The molecule has 56 valence electrons. The van der Waals surface area contributed by atoms with Gasteiger partial charge in [-0.15, -0.1) is 0 Å². The summed E-state index contributed by atoms with van der Waals surface area (Å²) in [6.45, 7) is 1.32. The van der Waals surface area contributed by atoms with Gasteiger partial charge in [0.05, 0.1) is 0 Å². The zero-order chi connectivity index (χ0) is 9.45. The lowest BCUT2D eigenvalue weighted by Gasteiger charge is -1.98. The molecular formula is C8H19N. The van der Waals surface area contributed by atoms with E-state index in [0.29, 0.717) is 0 Å². The van der Waals surface area contributed by atoms with Crippen LogP contribution >= 0.6 is 0 Å². The van der Waals surface area contributed by atoms with Gasteiger partial charge in [0.2, 0.25) is 0 Å². The van der Waals surface area contributed by atoms with E-state index in [-0.39, 0.29) is 6.54 Å². The molecule has 0 fully saturated rings. The monoisotopic (exact) mass is 132 g/mol. The van der Waals surface area contributed by atoms with Gasteiger partial charge in [-0.25, -0.2) is 0 Å². The Hall–Kier alpha value is -0.0400. The Balaban J connectivity index is 3.01. The summed E-state index contributed by atoms with van der Waals surface area (Å²) in [4.78, 5) is 0. The summed E-state index contributed by atoms with van der Waals surface area (Å²) in [5, 5.41) is 2.92. The molecule has 0 aliphatic carbocycles. The van der Waals surface area contributed by atoms with Crippen LogP contribution in [0.3, 0.4) is 0 Å². The molecule has 0 aliphatic rings. The molecule has 0 heterocycles. The first-order valence-electron chi connectivity index (χ1n) is 5.27. The molecule has 0 amide bonds. The molecule has 0 atom stereocenters. The van der Waals surface area contributed by atoms with Crippen molar-refractivity contribution in [2.24, 2.45) is 0 Å². The lowest BCUT2D eigenvalue weighted by Crippen LogP contribution is -2.13. The number of unbranched alkanes of at least 4 members (excludes halogenated alkanes) is 3. The van der Waals surface area contributed by atoms with Crippen LogP contribution in [0, 0.1) is 0 Å². The summed E-state index contributed by atoms with van der Waals surface area (Å²) in [6, 6.07) is 0. The van der Waals surface area contributed by atoms with Gasteiger partial charge in [0.15, 0.2) is 0 Å². The number of nitrogens with one attached hydrogen (secondary N) is 1. The van der Waals surface area contributed by atoms with Crippen molar-refractivity contribution in [3.05, 3.63) is 0 Å². The standard InChI is InChI=1S/C8H19N/c1-3-5-6-7-8-9-4-2/h9H,3-8H2,1-2H3/i2D3. The largest absolute Gasteiger partial charge is 0.317 e. The Kier molecular flexibility index (Phi) is 4.18. The molecule has 0 saturated carbocycles. The molecule has 0 rings (SSSR count). The fourth-order valence-corrected chi connectivity index (χ4v) is 0.765. The summed E-state index contributed by atoms with van der Waals surface area (Å²) < 4.78 is 20.8. The van der Waals surface area contributed by atoms with Gasteiger partial charge in [0.25, 0.3) is 0 Å². The van der Waals surface area contributed by atoms with Crippen LogP contribution < -0.4 is 5.32 Å². The van der Waals surface area contributed by atoms with Crippen LogP contribution in [-0.4, -0.2) is 13.1 Å². The van der Waals surface area contributed by atoms with Crippen LogP contribution in [0.15, 0.2) is 0 Å². The van der Waals surface area contributed by atoms with E-state index < -0.39 is 6.85 Å². The third-order valence-corrected chi connectivity index (χ3v) is 1.33. The Morgan fingerprint density at radius 3 is 2.89 bits per heavy atom. The quantitative estimate of drug-likeness (QED) is 0.546. The smallest absolute Gasteiger partial charge is 0.0243 e. The third-order valence-electron chi connectivity index (χ3n) is 1.33. The third kappa shape index (κ3) is 7.96. The van der Waals surface area contributed by atoms with Crippen LogP contribution in [0.4, 0.5) is 0 Å². The van der Waals surface area contributed by atoms with E-state index in [2.05, 4.69) is 12.2 Å². The Morgan fingerprint density at radius 2 is 2.22 bits per heavy atom. The summed E-state index contributed by atoms with van der Waals surface area (Å²) in [5.41, 5.74) is 0. The van der Waals surface area contributed by atoms with Crippen LogP contribution in [0.2, 0.25) is 0 Å². The molecular weight excluding hydrogens is 110 g/mol. The first kappa shape index (κ1) is 4.73. The summed E-state index contributed by atoms with van der Waals surface area (Å²) in [7, 11) is 0. The highest BCUT2D eigenvalue weighted by Gasteiger charge is 1.84. The number of hydrogen-bond acceptors (Lipinski definition) is 1. The SMILES string of the molecule is [2H]C([2H])([2H])CNCCCCCC. The predicted molar refractivity (Wildman–Crippen MR) is 42.7 cm³/mol. The van der Waals surface area contributed by atoms with Crippen LogP contribution in [0.5, 0.6) is 0 Å². The van der Waals surface area contributed by atoms with E-state index in [0.717, 1.165) is 13.0 Å². The van der Waals surface area contributed by atoms with Crippen molar-refractivity contribution in [2.75, 3.05) is 13.1 Å². The summed E-state index contributed by atoms with van der Waals surface area (Å²) in [5.74, 6) is 0. The van der Waals surface area contributed by atoms with Crippen LogP contribution in [0.1, 0.15) is 43.6 Å². The van der Waals surface area contributed by atoms with E-state index >= 15 is 0 Å². The summed E-state index contributed by atoms with van der Waals surface area (Å²) >= 11 is 0. The van der Waals surface area contributed by atoms with Gasteiger partial charge in [-0.2, -0.15) is 0 Å². The molecule has 1 N–H and O–H groups in total. The second-order valence-electron chi connectivity index (χ2n) is 2.24. The molecule has 0 spiro atoms. The minimum atomic E-state index is -1.81. The second-order valence-corrected chi connectivity index (χ2v) is 2.24. The van der Waals surface area contributed by atoms with Crippen molar-refractivity contribution in [3.63, 3.8) is 0 Å². The van der Waals surface area contributed by atoms with Gasteiger partial charge in [-0.3, -0.25) is 0 Å². The fraction of sp³-hybridized carbons (Fsp3) is 1.00. The Labute approximate surface area is 63.1 Å². The maximum absolute atomic E-state index is 6.92. The Morgan fingerprint density at radius 1 is 1.33 bits per heavy atom. The maximum Gasteiger partial charge on any atom is 0.0243 e. The topological polar surface area (TPSA) is 12.0 Å². The lowest BCUT2D eigenvalue weighted by atomic mass is 10.2. The van der Waals surface area contributed by atoms with Gasteiger partial charge >= 0.3 is 0 Å². The molecule has 0 saturated heterocycles. The predicted octanol–water partition coefficient (Wildman–Crippen LogP) is 2.18. The van der Waals surface area contributed by atoms with Crippen LogP contribution in [-0.2, 0) is 0 Å². The van der Waals surface area contributed by atoms with Crippen molar-refractivity contribution < 1.29 is 4.11 Å². The molecule has 0 aliphatic heterocycles. The molecule has 0 unspecified atom stereocenters. The first-order valence-corrected chi connectivity index (χ1v) is 3.77. The highest BCUT2D eigenvalue weighted by Crippen LogP contribution is 1.96. The first-order chi connectivity index (χ1) is 5.56. The minimum Gasteiger partial charge on any atom is -0.317 e. The molecule has 1 heteroatoms. The molecule has 0 bridgehead atoms. The van der Waals surface area contributed by atoms with E-state index in [1.807, 2.05) is 0 Å².